The van der Waals surface area contributed by atoms with Gasteiger partial charge in [0.15, 0.2) is 14.2 Å². The van der Waals surface area contributed by atoms with Crippen molar-refractivity contribution in [2.75, 3.05) is 6.26 Å². The van der Waals surface area contributed by atoms with E-state index in [9.17, 15) is 21.6 Å². The molecule has 0 atom stereocenters. The first-order valence-electron chi connectivity index (χ1n) is 9.34. The summed E-state index contributed by atoms with van der Waals surface area (Å²) in [4.78, 5) is 5.66. The zero-order chi connectivity index (χ0) is 22.9. The van der Waals surface area contributed by atoms with Crippen molar-refractivity contribution in [3.63, 3.8) is 0 Å². The van der Waals surface area contributed by atoms with Crippen molar-refractivity contribution in [2.24, 2.45) is 0 Å². The lowest BCUT2D eigenvalue weighted by Crippen LogP contribution is -1.96. The summed E-state index contributed by atoms with van der Waals surface area (Å²) >= 11 is 2.70. The van der Waals surface area contributed by atoms with Gasteiger partial charge in [0, 0.05) is 23.6 Å². The minimum Gasteiger partial charge on any atom is -0.229 e. The summed E-state index contributed by atoms with van der Waals surface area (Å²) in [6, 6.07) is 15.8. The van der Waals surface area contributed by atoms with Crippen molar-refractivity contribution in [3.8, 4) is 21.7 Å². The van der Waals surface area contributed by atoms with Crippen LogP contribution in [0.3, 0.4) is 0 Å². The number of thiazole rings is 1. The molecule has 0 N–H and O–H groups in total. The predicted octanol–water partition coefficient (Wildman–Crippen LogP) is 6.59. The molecule has 0 saturated heterocycles. The fourth-order valence-corrected chi connectivity index (χ4v) is 5.79. The Kier molecular flexibility index (Phi) is 6.41. The average molecular weight is 492 g/mol. The second-order valence-electron chi connectivity index (χ2n) is 7.03. The molecular formula is C23H16F3NO2S3. The molecule has 0 bridgehead atoms. The first kappa shape index (κ1) is 22.6. The molecule has 0 spiro atoms. The lowest BCUT2D eigenvalue weighted by Gasteiger charge is -2.04. The standard InChI is InChI=1S/C23H16F3NO2S3/c1-32(28,29)20-8-4-16(5-9-20)22-21(15-2-6-17(24)7-3-15)27-23(31-22)30-13-14-10-18(25)12-19(26)11-14/h2-12H,13H2,1H3. The topological polar surface area (TPSA) is 47.0 Å². The second kappa shape index (κ2) is 9.09. The SMILES string of the molecule is CS(=O)(=O)c1ccc(-c2sc(SCc3cc(F)cc(F)c3)nc2-c2ccc(F)cc2)cc1. The molecule has 0 amide bonds. The maximum Gasteiger partial charge on any atom is 0.175 e. The van der Waals surface area contributed by atoms with Gasteiger partial charge in [0.25, 0.3) is 0 Å². The van der Waals surface area contributed by atoms with Crippen LogP contribution in [0.15, 0.2) is 76.0 Å². The molecule has 1 aromatic heterocycles. The lowest BCUT2D eigenvalue weighted by molar-refractivity contribution is 0.581. The van der Waals surface area contributed by atoms with E-state index in [1.54, 1.807) is 24.3 Å². The van der Waals surface area contributed by atoms with Gasteiger partial charge in [0.05, 0.1) is 15.5 Å². The van der Waals surface area contributed by atoms with E-state index in [1.807, 2.05) is 0 Å². The van der Waals surface area contributed by atoms with Gasteiger partial charge in [0.1, 0.15) is 17.5 Å². The van der Waals surface area contributed by atoms with E-state index < -0.39 is 21.5 Å². The quantitative estimate of drug-likeness (QED) is 0.286. The summed E-state index contributed by atoms with van der Waals surface area (Å²) in [5.41, 5.74) is 2.58. The van der Waals surface area contributed by atoms with Gasteiger partial charge in [-0.05, 0) is 59.7 Å². The fourth-order valence-electron chi connectivity index (χ4n) is 3.05. The van der Waals surface area contributed by atoms with Crippen LogP contribution < -0.4 is 0 Å². The van der Waals surface area contributed by atoms with Crippen LogP contribution in [-0.4, -0.2) is 19.7 Å². The molecule has 0 aliphatic heterocycles. The third kappa shape index (κ3) is 5.23. The van der Waals surface area contributed by atoms with Crippen molar-refractivity contribution in [1.82, 2.24) is 4.98 Å². The minimum absolute atomic E-state index is 0.205. The summed E-state index contributed by atoms with van der Waals surface area (Å²) in [6.45, 7) is 0. The van der Waals surface area contributed by atoms with E-state index in [0.29, 0.717) is 26.9 Å². The van der Waals surface area contributed by atoms with Gasteiger partial charge < -0.3 is 0 Å². The smallest absolute Gasteiger partial charge is 0.175 e. The minimum atomic E-state index is -3.33. The maximum absolute atomic E-state index is 13.5. The van der Waals surface area contributed by atoms with Gasteiger partial charge in [-0.1, -0.05) is 23.9 Å². The van der Waals surface area contributed by atoms with Crippen LogP contribution >= 0.6 is 23.1 Å². The van der Waals surface area contributed by atoms with E-state index in [0.717, 1.165) is 22.8 Å². The molecule has 0 saturated carbocycles. The van der Waals surface area contributed by atoms with Gasteiger partial charge in [0.2, 0.25) is 0 Å². The van der Waals surface area contributed by atoms with Crippen LogP contribution in [0, 0.1) is 17.5 Å². The van der Waals surface area contributed by atoms with Gasteiger partial charge in [-0.15, -0.1) is 11.3 Å². The number of benzene rings is 3. The summed E-state index contributed by atoms with van der Waals surface area (Å²) in [5, 5.41) is 0. The first-order valence-corrected chi connectivity index (χ1v) is 13.0. The van der Waals surface area contributed by atoms with Crippen LogP contribution in [0.25, 0.3) is 21.7 Å². The van der Waals surface area contributed by atoms with E-state index >= 15 is 0 Å². The van der Waals surface area contributed by atoms with Crippen molar-refractivity contribution in [3.05, 3.63) is 89.7 Å². The van der Waals surface area contributed by atoms with E-state index in [-0.39, 0.29) is 10.7 Å². The Morgan fingerprint density at radius 1 is 0.844 bits per heavy atom. The van der Waals surface area contributed by atoms with E-state index in [4.69, 9.17) is 0 Å². The van der Waals surface area contributed by atoms with E-state index in [2.05, 4.69) is 4.98 Å². The summed E-state index contributed by atoms with van der Waals surface area (Å²) in [5.74, 6) is -1.33. The highest BCUT2D eigenvalue weighted by Crippen LogP contribution is 2.41. The number of hydrogen-bond acceptors (Lipinski definition) is 5. The summed E-state index contributed by atoms with van der Waals surface area (Å²) in [7, 11) is -3.33. The molecule has 4 rings (SSSR count). The van der Waals surface area contributed by atoms with Crippen LogP contribution in [0.1, 0.15) is 5.56 Å². The molecule has 0 aliphatic carbocycles. The second-order valence-corrected chi connectivity index (χ2v) is 11.3. The van der Waals surface area contributed by atoms with Gasteiger partial charge in [-0.3, -0.25) is 0 Å². The van der Waals surface area contributed by atoms with Crippen molar-refractivity contribution in [2.45, 2.75) is 15.0 Å². The predicted molar refractivity (Wildman–Crippen MR) is 122 cm³/mol. The highest BCUT2D eigenvalue weighted by molar-refractivity contribution is 8.00. The number of sulfone groups is 1. The number of hydrogen-bond donors (Lipinski definition) is 0. The van der Waals surface area contributed by atoms with E-state index in [1.165, 1.54) is 59.5 Å². The van der Waals surface area contributed by atoms with Crippen LogP contribution in [0.2, 0.25) is 0 Å². The molecule has 0 fully saturated rings. The van der Waals surface area contributed by atoms with Crippen LogP contribution in [0.5, 0.6) is 0 Å². The third-order valence-corrected chi connectivity index (χ3v) is 8.00. The molecule has 0 aliphatic rings. The Bertz CT molecular complexity index is 1350. The highest BCUT2D eigenvalue weighted by atomic mass is 32.2. The maximum atomic E-state index is 13.5. The largest absolute Gasteiger partial charge is 0.229 e. The monoisotopic (exact) mass is 491 g/mol. The summed E-state index contributed by atoms with van der Waals surface area (Å²) in [6.07, 6.45) is 1.14. The van der Waals surface area contributed by atoms with Crippen molar-refractivity contribution < 1.29 is 21.6 Å². The van der Waals surface area contributed by atoms with Crippen LogP contribution in [-0.2, 0) is 15.6 Å². The zero-order valence-electron chi connectivity index (χ0n) is 16.7. The molecule has 0 radical (unpaired) electrons. The molecule has 4 aromatic rings. The molecular weight excluding hydrogens is 475 g/mol. The van der Waals surface area contributed by atoms with Crippen molar-refractivity contribution in [1.29, 1.82) is 0 Å². The molecule has 32 heavy (non-hydrogen) atoms. The highest BCUT2D eigenvalue weighted by Gasteiger charge is 2.17. The number of aromatic nitrogens is 1. The molecule has 3 nitrogen and oxygen atoms in total. The Morgan fingerprint density at radius 3 is 2.03 bits per heavy atom. The number of rotatable bonds is 6. The normalized spacial score (nSPS) is 11.6. The molecule has 3 aromatic carbocycles. The number of halogens is 3. The fraction of sp³-hybridized carbons (Fsp3) is 0.0870. The Morgan fingerprint density at radius 2 is 1.44 bits per heavy atom. The Hall–Kier alpha value is -2.62. The molecule has 1 heterocycles. The summed E-state index contributed by atoms with van der Waals surface area (Å²) < 4.78 is 64.6. The Labute approximate surface area is 191 Å². The number of nitrogens with zero attached hydrogens (tertiary/aromatic N) is 1. The average Bonchev–Trinajstić information content (AvgIpc) is 3.16. The van der Waals surface area contributed by atoms with Gasteiger partial charge in [-0.2, -0.15) is 0 Å². The zero-order valence-corrected chi connectivity index (χ0v) is 19.1. The number of thioether (sulfide) groups is 1. The Balaban J connectivity index is 1.70. The van der Waals surface area contributed by atoms with Gasteiger partial charge in [-0.25, -0.2) is 26.6 Å². The molecule has 164 valence electrons. The molecule has 9 heteroatoms. The molecule has 0 unspecified atom stereocenters. The first-order chi connectivity index (χ1) is 15.2. The van der Waals surface area contributed by atoms with Crippen LogP contribution in [0.4, 0.5) is 13.2 Å². The van der Waals surface area contributed by atoms with Crippen molar-refractivity contribution >= 4 is 32.9 Å². The third-order valence-electron chi connectivity index (χ3n) is 4.55. The van der Waals surface area contributed by atoms with Gasteiger partial charge >= 0.3 is 0 Å². The lowest BCUT2D eigenvalue weighted by atomic mass is 10.1.